The van der Waals surface area contributed by atoms with Gasteiger partial charge in [0.1, 0.15) is 6.04 Å². The van der Waals surface area contributed by atoms with Crippen LogP contribution in [0.4, 0.5) is 0 Å². The maximum absolute atomic E-state index is 12.7. The number of amides is 2. The fourth-order valence-electron chi connectivity index (χ4n) is 4.07. The third kappa shape index (κ3) is 4.21. The van der Waals surface area contributed by atoms with Crippen molar-refractivity contribution in [2.24, 2.45) is 5.41 Å². The van der Waals surface area contributed by atoms with Gasteiger partial charge in [0.05, 0.1) is 6.61 Å². The fourth-order valence-corrected chi connectivity index (χ4v) is 4.07. The first-order valence-corrected chi connectivity index (χ1v) is 9.35. The van der Waals surface area contributed by atoms with Gasteiger partial charge in [0.15, 0.2) is 0 Å². The standard InChI is InChI=1S/C20H28N2O3/c23-15-20(11-5-2-6-12-20)14-21-19(25)17-9-10-18(24)22(17)13-16-7-3-1-4-8-16/h1,3-4,7-8,17,23H,2,5-6,9-15H2,(H,21,25). The van der Waals surface area contributed by atoms with Gasteiger partial charge in [-0.2, -0.15) is 0 Å². The van der Waals surface area contributed by atoms with Crippen molar-refractivity contribution in [2.75, 3.05) is 13.2 Å². The highest BCUT2D eigenvalue weighted by molar-refractivity contribution is 5.90. The molecule has 3 rings (SSSR count). The zero-order valence-corrected chi connectivity index (χ0v) is 14.7. The molecule has 1 saturated heterocycles. The van der Waals surface area contributed by atoms with Gasteiger partial charge in [-0.3, -0.25) is 9.59 Å². The van der Waals surface area contributed by atoms with Crippen molar-refractivity contribution in [3.8, 4) is 0 Å². The maximum Gasteiger partial charge on any atom is 0.242 e. The van der Waals surface area contributed by atoms with Crippen LogP contribution in [0.15, 0.2) is 30.3 Å². The first-order valence-electron chi connectivity index (χ1n) is 9.35. The summed E-state index contributed by atoms with van der Waals surface area (Å²) in [6.07, 6.45) is 6.34. The zero-order valence-electron chi connectivity index (χ0n) is 14.7. The Kier molecular flexibility index (Phi) is 5.74. The van der Waals surface area contributed by atoms with E-state index < -0.39 is 6.04 Å². The summed E-state index contributed by atoms with van der Waals surface area (Å²) in [5.74, 6) is -0.0429. The molecule has 0 aromatic heterocycles. The van der Waals surface area contributed by atoms with Crippen molar-refractivity contribution in [3.05, 3.63) is 35.9 Å². The van der Waals surface area contributed by atoms with E-state index in [0.717, 1.165) is 31.2 Å². The summed E-state index contributed by atoms with van der Waals surface area (Å²) in [4.78, 5) is 26.6. The van der Waals surface area contributed by atoms with E-state index in [9.17, 15) is 14.7 Å². The molecular weight excluding hydrogens is 316 g/mol. The molecule has 0 radical (unpaired) electrons. The van der Waals surface area contributed by atoms with Crippen molar-refractivity contribution in [3.63, 3.8) is 0 Å². The van der Waals surface area contributed by atoms with Crippen molar-refractivity contribution in [2.45, 2.75) is 57.5 Å². The number of aliphatic hydroxyl groups excluding tert-OH is 1. The highest BCUT2D eigenvalue weighted by Crippen LogP contribution is 2.35. The third-order valence-corrected chi connectivity index (χ3v) is 5.71. The average molecular weight is 344 g/mol. The Hall–Kier alpha value is -1.88. The van der Waals surface area contributed by atoms with Crippen LogP contribution in [0.2, 0.25) is 0 Å². The molecule has 1 saturated carbocycles. The van der Waals surface area contributed by atoms with Crippen LogP contribution in [-0.2, 0) is 16.1 Å². The first kappa shape index (κ1) is 17.9. The van der Waals surface area contributed by atoms with Gasteiger partial charge in [-0.15, -0.1) is 0 Å². The van der Waals surface area contributed by atoms with Gasteiger partial charge in [0.2, 0.25) is 11.8 Å². The molecule has 1 unspecified atom stereocenters. The molecule has 5 heteroatoms. The second-order valence-corrected chi connectivity index (χ2v) is 7.50. The Balaban J connectivity index is 1.61. The van der Waals surface area contributed by atoms with Gasteiger partial charge in [-0.25, -0.2) is 0 Å². The zero-order chi connectivity index (χ0) is 17.7. The van der Waals surface area contributed by atoms with E-state index in [0.29, 0.717) is 25.9 Å². The molecule has 2 aliphatic rings. The van der Waals surface area contributed by atoms with E-state index in [-0.39, 0.29) is 23.8 Å². The molecule has 0 bridgehead atoms. The second kappa shape index (κ2) is 8.00. The summed E-state index contributed by atoms with van der Waals surface area (Å²) in [6, 6.07) is 9.38. The molecule has 1 aromatic carbocycles. The number of carbonyl (C=O) groups is 2. The summed E-state index contributed by atoms with van der Waals surface area (Å²) in [7, 11) is 0. The summed E-state index contributed by atoms with van der Waals surface area (Å²) < 4.78 is 0. The highest BCUT2D eigenvalue weighted by Gasteiger charge is 2.38. The molecule has 1 aliphatic carbocycles. The monoisotopic (exact) mass is 344 g/mol. The lowest BCUT2D eigenvalue weighted by molar-refractivity contribution is -0.136. The molecule has 1 aliphatic heterocycles. The minimum Gasteiger partial charge on any atom is -0.396 e. The Morgan fingerprint density at radius 1 is 1.20 bits per heavy atom. The predicted octanol–water partition coefficient (Wildman–Crippen LogP) is 2.24. The molecular formula is C20H28N2O3. The summed E-state index contributed by atoms with van der Waals surface area (Å²) in [6.45, 7) is 1.10. The topological polar surface area (TPSA) is 69.6 Å². The number of hydrogen-bond donors (Lipinski definition) is 2. The van der Waals surface area contributed by atoms with Crippen molar-refractivity contribution < 1.29 is 14.7 Å². The Bertz CT molecular complexity index is 596. The Morgan fingerprint density at radius 2 is 1.92 bits per heavy atom. The average Bonchev–Trinajstić information content (AvgIpc) is 3.02. The first-order chi connectivity index (χ1) is 12.1. The molecule has 1 atom stereocenters. The van der Waals surface area contributed by atoms with E-state index in [1.54, 1.807) is 4.90 Å². The smallest absolute Gasteiger partial charge is 0.242 e. The number of benzene rings is 1. The minimum absolute atomic E-state index is 0.0403. The number of nitrogens with zero attached hydrogens (tertiary/aromatic N) is 1. The van der Waals surface area contributed by atoms with Gasteiger partial charge >= 0.3 is 0 Å². The van der Waals surface area contributed by atoms with Crippen LogP contribution in [0.3, 0.4) is 0 Å². The third-order valence-electron chi connectivity index (χ3n) is 5.71. The maximum atomic E-state index is 12.7. The lowest BCUT2D eigenvalue weighted by Gasteiger charge is -2.36. The molecule has 2 fully saturated rings. The fraction of sp³-hybridized carbons (Fsp3) is 0.600. The number of likely N-dealkylation sites (tertiary alicyclic amines) is 1. The van der Waals surface area contributed by atoms with Gasteiger partial charge in [0.25, 0.3) is 0 Å². The van der Waals surface area contributed by atoms with Crippen LogP contribution in [0.25, 0.3) is 0 Å². The number of carbonyl (C=O) groups excluding carboxylic acids is 2. The number of aliphatic hydroxyl groups is 1. The second-order valence-electron chi connectivity index (χ2n) is 7.50. The Labute approximate surface area is 149 Å². The quantitative estimate of drug-likeness (QED) is 0.831. The minimum atomic E-state index is -0.396. The van der Waals surface area contributed by atoms with Gasteiger partial charge in [0, 0.05) is 24.9 Å². The molecule has 2 N–H and O–H groups in total. The van der Waals surface area contributed by atoms with Gasteiger partial charge < -0.3 is 15.3 Å². The van der Waals surface area contributed by atoms with Crippen LogP contribution >= 0.6 is 0 Å². The molecule has 0 spiro atoms. The molecule has 5 nitrogen and oxygen atoms in total. The normalized spacial score (nSPS) is 22.8. The largest absolute Gasteiger partial charge is 0.396 e. The molecule has 2 amide bonds. The van der Waals surface area contributed by atoms with Gasteiger partial charge in [-0.05, 0) is 24.8 Å². The van der Waals surface area contributed by atoms with Gasteiger partial charge in [-0.1, -0.05) is 49.6 Å². The van der Waals surface area contributed by atoms with Crippen LogP contribution in [0.1, 0.15) is 50.5 Å². The lowest BCUT2D eigenvalue weighted by atomic mass is 9.74. The summed E-state index contributed by atoms with van der Waals surface area (Å²) in [5.41, 5.74) is 0.857. The van der Waals surface area contributed by atoms with Crippen molar-refractivity contribution in [1.82, 2.24) is 10.2 Å². The van der Waals surface area contributed by atoms with Crippen LogP contribution in [0, 0.1) is 5.41 Å². The summed E-state index contributed by atoms with van der Waals surface area (Å²) >= 11 is 0. The lowest BCUT2D eigenvalue weighted by Crippen LogP contribution is -2.48. The van der Waals surface area contributed by atoms with E-state index in [1.807, 2.05) is 30.3 Å². The summed E-state index contributed by atoms with van der Waals surface area (Å²) in [5, 5.41) is 12.8. The van der Waals surface area contributed by atoms with E-state index >= 15 is 0 Å². The van der Waals surface area contributed by atoms with E-state index in [1.165, 1.54) is 6.42 Å². The number of rotatable bonds is 6. The van der Waals surface area contributed by atoms with Crippen LogP contribution in [-0.4, -0.2) is 41.0 Å². The predicted molar refractivity (Wildman–Crippen MR) is 95.6 cm³/mol. The number of hydrogen-bond acceptors (Lipinski definition) is 3. The molecule has 25 heavy (non-hydrogen) atoms. The van der Waals surface area contributed by atoms with Crippen molar-refractivity contribution >= 4 is 11.8 Å². The Morgan fingerprint density at radius 3 is 2.60 bits per heavy atom. The van der Waals surface area contributed by atoms with Crippen molar-refractivity contribution in [1.29, 1.82) is 0 Å². The van der Waals surface area contributed by atoms with E-state index in [2.05, 4.69) is 5.32 Å². The SMILES string of the molecule is O=C(NCC1(CO)CCCCC1)C1CCC(=O)N1Cc1ccccc1. The highest BCUT2D eigenvalue weighted by atomic mass is 16.3. The molecule has 1 aromatic rings. The molecule has 136 valence electrons. The number of nitrogens with one attached hydrogen (secondary N) is 1. The molecule has 1 heterocycles. The van der Waals surface area contributed by atoms with Crippen LogP contribution < -0.4 is 5.32 Å². The van der Waals surface area contributed by atoms with Crippen LogP contribution in [0.5, 0.6) is 0 Å². The van der Waals surface area contributed by atoms with E-state index in [4.69, 9.17) is 0 Å².